The van der Waals surface area contributed by atoms with Crippen LogP contribution in [0.25, 0.3) is 0 Å². The second kappa shape index (κ2) is 10.7. The van der Waals surface area contributed by atoms with Crippen LogP contribution >= 0.6 is 0 Å². The zero-order valence-electron chi connectivity index (χ0n) is 18.6. The van der Waals surface area contributed by atoms with Gasteiger partial charge in [0.15, 0.2) is 0 Å². The Hall–Kier alpha value is -2.40. The Bertz CT molecular complexity index is 832. The van der Waals surface area contributed by atoms with E-state index in [1.165, 1.54) is 0 Å². The number of carboxylic acid groups (broad SMARTS) is 1. The molecule has 11 heteroatoms. The highest BCUT2D eigenvalue weighted by atomic mass is 19.4. The lowest BCUT2D eigenvalue weighted by Crippen LogP contribution is -2.53. The number of amides is 2. The second-order valence-electron chi connectivity index (χ2n) is 8.71. The number of aromatic nitrogens is 1. The first kappa shape index (κ1) is 25.2. The van der Waals surface area contributed by atoms with Crippen molar-refractivity contribution in [3.8, 4) is 0 Å². The second-order valence-corrected chi connectivity index (χ2v) is 8.71. The van der Waals surface area contributed by atoms with E-state index in [-0.39, 0.29) is 17.7 Å². The summed E-state index contributed by atoms with van der Waals surface area (Å²) >= 11 is 0. The van der Waals surface area contributed by atoms with Gasteiger partial charge in [-0.15, -0.1) is 0 Å². The molecule has 1 aromatic heterocycles. The maximum Gasteiger partial charge on any atom is 0.490 e. The van der Waals surface area contributed by atoms with Gasteiger partial charge in [0.05, 0.1) is 37.2 Å². The van der Waals surface area contributed by atoms with E-state index >= 15 is 0 Å². The molecule has 0 unspecified atom stereocenters. The summed E-state index contributed by atoms with van der Waals surface area (Å²) in [5.74, 6) is -2.76. The van der Waals surface area contributed by atoms with Crippen molar-refractivity contribution in [2.24, 2.45) is 0 Å². The van der Waals surface area contributed by atoms with Crippen molar-refractivity contribution in [3.05, 3.63) is 29.6 Å². The van der Waals surface area contributed by atoms with E-state index in [9.17, 15) is 18.0 Å². The van der Waals surface area contributed by atoms with Gasteiger partial charge in [-0.25, -0.2) is 9.59 Å². The van der Waals surface area contributed by atoms with Crippen LogP contribution in [0, 0.1) is 6.92 Å². The minimum atomic E-state index is -5.08. The number of hydrogen-bond acceptors (Lipinski definition) is 5. The number of urea groups is 1. The van der Waals surface area contributed by atoms with Crippen LogP contribution in [0.3, 0.4) is 0 Å². The van der Waals surface area contributed by atoms with Gasteiger partial charge in [-0.3, -0.25) is 4.98 Å². The van der Waals surface area contributed by atoms with Crippen LogP contribution in [-0.4, -0.2) is 82.6 Å². The fourth-order valence-corrected chi connectivity index (χ4v) is 4.45. The number of aryl methyl sites for hydroxylation is 1. The fraction of sp³-hybridized carbons (Fsp3) is 0.682. The molecule has 1 spiro atoms. The molecular formula is C22H30F3N3O5. The van der Waals surface area contributed by atoms with E-state index in [1.807, 2.05) is 34.9 Å². The van der Waals surface area contributed by atoms with Crippen molar-refractivity contribution in [1.29, 1.82) is 0 Å². The molecule has 2 atom stereocenters. The first-order valence-corrected chi connectivity index (χ1v) is 11.1. The third-order valence-electron chi connectivity index (χ3n) is 6.02. The normalized spacial score (nSPS) is 25.2. The lowest BCUT2D eigenvalue weighted by atomic mass is 9.89. The van der Waals surface area contributed by atoms with Crippen molar-refractivity contribution in [2.75, 3.05) is 32.8 Å². The minimum Gasteiger partial charge on any atom is -0.475 e. The molecule has 0 aromatic carbocycles. The quantitative estimate of drug-likeness (QED) is 0.724. The lowest BCUT2D eigenvalue weighted by Gasteiger charge is -2.41. The summed E-state index contributed by atoms with van der Waals surface area (Å²) < 4.78 is 44.0. The Morgan fingerprint density at radius 3 is 2.52 bits per heavy atom. The summed E-state index contributed by atoms with van der Waals surface area (Å²) in [5, 5.41) is 7.12. The number of hydrogen-bond donors (Lipinski definition) is 1. The average Bonchev–Trinajstić information content (AvgIpc) is 3.42. The number of rotatable bonds is 3. The van der Waals surface area contributed by atoms with Crippen molar-refractivity contribution in [2.45, 2.75) is 63.5 Å². The Kier molecular flexibility index (Phi) is 8.17. The van der Waals surface area contributed by atoms with E-state index in [1.54, 1.807) is 0 Å². The van der Waals surface area contributed by atoms with Crippen LogP contribution in [0.5, 0.6) is 0 Å². The Labute approximate surface area is 190 Å². The predicted molar refractivity (Wildman–Crippen MR) is 112 cm³/mol. The zero-order chi connectivity index (χ0) is 24.1. The van der Waals surface area contributed by atoms with Crippen molar-refractivity contribution >= 4 is 12.0 Å². The van der Waals surface area contributed by atoms with Crippen LogP contribution in [0.15, 0.2) is 18.2 Å². The summed E-state index contributed by atoms with van der Waals surface area (Å²) in [6.45, 7) is 6.46. The number of aliphatic carboxylic acids is 1. The molecule has 33 heavy (non-hydrogen) atoms. The van der Waals surface area contributed by atoms with E-state index in [0.29, 0.717) is 19.8 Å². The molecule has 0 saturated carbocycles. The van der Waals surface area contributed by atoms with Crippen molar-refractivity contribution in [3.63, 3.8) is 0 Å². The first-order valence-electron chi connectivity index (χ1n) is 11.1. The minimum absolute atomic E-state index is 0.0825. The van der Waals surface area contributed by atoms with Gasteiger partial charge >= 0.3 is 18.2 Å². The summed E-state index contributed by atoms with van der Waals surface area (Å²) in [7, 11) is 0. The standard InChI is InChI=1S/C20H29N3O3.C2HF3O2/c1-16-6-4-7-17(21-16)13-25-18-12-20(26-14-18)8-5-11-23(15-20)19(24)22-9-2-3-10-22;3-2(4,5)1(6)7/h4,6-7,18H,2-3,5,8-15H2,1H3;(H,6,7)/t18-,20-;/m0./s1. The molecule has 184 valence electrons. The van der Waals surface area contributed by atoms with Crippen molar-refractivity contribution in [1.82, 2.24) is 14.8 Å². The maximum absolute atomic E-state index is 12.7. The summed E-state index contributed by atoms with van der Waals surface area (Å²) in [6.07, 6.45) is 0.140. The molecule has 3 saturated heterocycles. The fourth-order valence-electron chi connectivity index (χ4n) is 4.45. The average molecular weight is 473 g/mol. The summed E-state index contributed by atoms with van der Waals surface area (Å²) in [5.41, 5.74) is 1.74. The summed E-state index contributed by atoms with van der Waals surface area (Å²) in [6, 6.07) is 6.19. The third-order valence-corrected chi connectivity index (χ3v) is 6.02. The highest BCUT2D eigenvalue weighted by molar-refractivity contribution is 5.75. The molecule has 0 radical (unpaired) electrons. The SMILES string of the molecule is Cc1cccc(CO[C@@H]2CO[C@@]3(CCCN(C(=O)N4CCCC4)C3)C2)n1.O=C(O)C(F)(F)F. The molecule has 1 N–H and O–H groups in total. The zero-order valence-corrected chi connectivity index (χ0v) is 18.6. The number of carboxylic acids is 1. The van der Waals surface area contributed by atoms with Gasteiger partial charge in [-0.2, -0.15) is 13.2 Å². The molecule has 8 nitrogen and oxygen atoms in total. The molecule has 4 rings (SSSR count). The van der Waals surface area contributed by atoms with Crippen LogP contribution in [0.2, 0.25) is 0 Å². The number of alkyl halides is 3. The van der Waals surface area contributed by atoms with Gasteiger partial charge in [0.25, 0.3) is 0 Å². The first-order chi connectivity index (χ1) is 15.6. The number of nitrogens with zero attached hydrogens (tertiary/aromatic N) is 3. The maximum atomic E-state index is 12.7. The van der Waals surface area contributed by atoms with E-state index in [0.717, 1.165) is 63.1 Å². The number of likely N-dealkylation sites (tertiary alicyclic amines) is 2. The molecule has 2 amide bonds. The molecule has 0 aliphatic carbocycles. The Balaban J connectivity index is 0.000000383. The molecular weight excluding hydrogens is 443 g/mol. The van der Waals surface area contributed by atoms with Crippen LogP contribution in [-0.2, 0) is 20.9 Å². The monoisotopic (exact) mass is 473 g/mol. The Morgan fingerprint density at radius 1 is 1.21 bits per heavy atom. The molecule has 4 heterocycles. The van der Waals surface area contributed by atoms with Gasteiger partial charge in [-0.05, 0) is 44.7 Å². The largest absolute Gasteiger partial charge is 0.490 e. The van der Waals surface area contributed by atoms with E-state index in [4.69, 9.17) is 19.4 Å². The topological polar surface area (TPSA) is 92.2 Å². The van der Waals surface area contributed by atoms with Crippen molar-refractivity contribution < 1.29 is 37.3 Å². The predicted octanol–water partition coefficient (Wildman–Crippen LogP) is 3.38. The van der Waals surface area contributed by atoms with Gasteiger partial charge in [0.1, 0.15) is 0 Å². The highest BCUT2D eigenvalue weighted by Gasteiger charge is 2.45. The number of piperidine rings is 1. The van der Waals surface area contributed by atoms with Crippen LogP contribution in [0.1, 0.15) is 43.5 Å². The van der Waals surface area contributed by atoms with Gasteiger partial charge in [-0.1, -0.05) is 6.07 Å². The van der Waals surface area contributed by atoms with Gasteiger partial charge < -0.3 is 24.4 Å². The van der Waals surface area contributed by atoms with Crippen LogP contribution in [0.4, 0.5) is 18.0 Å². The van der Waals surface area contributed by atoms with E-state index < -0.39 is 12.1 Å². The number of carbonyl (C=O) groups excluding carboxylic acids is 1. The Morgan fingerprint density at radius 2 is 1.88 bits per heavy atom. The van der Waals surface area contributed by atoms with Gasteiger partial charge in [0.2, 0.25) is 0 Å². The molecule has 0 bridgehead atoms. The van der Waals surface area contributed by atoms with E-state index in [2.05, 4.69) is 4.98 Å². The van der Waals surface area contributed by atoms with Crippen LogP contribution < -0.4 is 0 Å². The number of halogens is 3. The molecule has 3 aliphatic rings. The molecule has 1 aromatic rings. The third kappa shape index (κ3) is 7.04. The number of ether oxygens (including phenoxy) is 2. The number of carbonyl (C=O) groups is 2. The molecule has 3 fully saturated rings. The summed E-state index contributed by atoms with van der Waals surface area (Å²) in [4.78, 5) is 30.1. The number of pyridine rings is 1. The highest BCUT2D eigenvalue weighted by Crippen LogP contribution is 2.36. The smallest absolute Gasteiger partial charge is 0.475 e. The molecule has 3 aliphatic heterocycles. The van der Waals surface area contributed by atoms with Gasteiger partial charge in [0, 0.05) is 31.7 Å². The lowest BCUT2D eigenvalue weighted by molar-refractivity contribution is -0.192.